The van der Waals surface area contributed by atoms with Crippen LogP contribution < -0.4 is 20.1 Å². The molecule has 0 aromatic heterocycles. The number of rotatable bonds is 7. The van der Waals surface area contributed by atoms with Gasteiger partial charge >= 0.3 is 0 Å². The van der Waals surface area contributed by atoms with E-state index in [4.69, 9.17) is 9.47 Å². The van der Waals surface area contributed by atoms with Crippen LogP contribution in [0, 0.1) is 5.41 Å². The monoisotopic (exact) mass is 351 g/mol. The molecule has 0 saturated heterocycles. The second-order valence-corrected chi connectivity index (χ2v) is 6.79. The van der Waals surface area contributed by atoms with Crippen molar-refractivity contribution >= 4 is 17.5 Å². The van der Waals surface area contributed by atoms with Crippen LogP contribution in [0.5, 0.6) is 11.5 Å². The minimum atomic E-state index is -0.592. The average Bonchev–Trinajstić information content (AvgIpc) is 2.57. The van der Waals surface area contributed by atoms with E-state index in [0.29, 0.717) is 35.8 Å². The number of likely N-dealkylation sites (N-methyl/N-ethyl adjacent to an activating group) is 2. The molecule has 7 nitrogen and oxygen atoms in total. The number of methoxy groups -OCH3 is 2. The van der Waals surface area contributed by atoms with Crippen molar-refractivity contribution in [3.63, 3.8) is 0 Å². The van der Waals surface area contributed by atoms with Crippen LogP contribution in [0.3, 0.4) is 0 Å². The molecule has 0 unspecified atom stereocenters. The number of ether oxygens (including phenoxy) is 2. The Hall–Kier alpha value is -2.28. The van der Waals surface area contributed by atoms with Gasteiger partial charge in [-0.2, -0.15) is 0 Å². The lowest BCUT2D eigenvalue weighted by molar-refractivity contribution is -0.123. The van der Waals surface area contributed by atoms with Crippen LogP contribution in [0.15, 0.2) is 12.1 Å². The molecule has 0 spiro atoms. The molecule has 2 N–H and O–H groups in total. The van der Waals surface area contributed by atoms with E-state index in [2.05, 4.69) is 10.6 Å². The first-order chi connectivity index (χ1) is 11.6. The van der Waals surface area contributed by atoms with Gasteiger partial charge < -0.3 is 25.0 Å². The standard InChI is InChI=1S/C18H29N3O4/c1-18(2,3)17(23)20-13-11-15(25-7)14(24-6)10-12(13)16(22)21(5)9-8-19-4/h10-11,19H,8-9H2,1-7H3,(H,20,23). The Morgan fingerprint density at radius 3 is 2.16 bits per heavy atom. The zero-order valence-electron chi connectivity index (χ0n) is 16.1. The van der Waals surface area contributed by atoms with Crippen LogP contribution in [0.4, 0.5) is 5.69 Å². The van der Waals surface area contributed by atoms with Gasteiger partial charge in [0.15, 0.2) is 11.5 Å². The van der Waals surface area contributed by atoms with Crippen molar-refractivity contribution in [2.75, 3.05) is 46.7 Å². The summed E-state index contributed by atoms with van der Waals surface area (Å²) in [6.07, 6.45) is 0. The Kier molecular flexibility index (Phi) is 7.23. The highest BCUT2D eigenvalue weighted by atomic mass is 16.5. The lowest BCUT2D eigenvalue weighted by atomic mass is 9.95. The maximum Gasteiger partial charge on any atom is 0.255 e. The van der Waals surface area contributed by atoms with E-state index in [0.717, 1.165) is 0 Å². The van der Waals surface area contributed by atoms with E-state index >= 15 is 0 Å². The summed E-state index contributed by atoms with van der Waals surface area (Å²) in [5.74, 6) is 0.481. The van der Waals surface area contributed by atoms with Crippen LogP contribution in [-0.4, -0.2) is 58.1 Å². The fraction of sp³-hybridized carbons (Fsp3) is 0.556. The van der Waals surface area contributed by atoms with Crippen LogP contribution >= 0.6 is 0 Å². The van der Waals surface area contributed by atoms with E-state index in [1.807, 2.05) is 27.8 Å². The second-order valence-electron chi connectivity index (χ2n) is 6.79. The molecule has 0 bridgehead atoms. The molecule has 0 atom stereocenters. The highest BCUT2D eigenvalue weighted by molar-refractivity contribution is 6.05. The Bertz CT molecular complexity index is 623. The van der Waals surface area contributed by atoms with Gasteiger partial charge in [-0.1, -0.05) is 20.8 Å². The molecule has 140 valence electrons. The third-order valence-electron chi connectivity index (χ3n) is 3.73. The SMILES string of the molecule is CNCCN(C)C(=O)c1cc(OC)c(OC)cc1NC(=O)C(C)(C)C. The summed E-state index contributed by atoms with van der Waals surface area (Å²) in [5, 5.41) is 5.83. The van der Waals surface area contributed by atoms with Crippen molar-refractivity contribution in [3.05, 3.63) is 17.7 Å². The second kappa shape index (κ2) is 8.71. The number of hydrogen-bond donors (Lipinski definition) is 2. The molecule has 1 aromatic rings. The minimum Gasteiger partial charge on any atom is -0.493 e. The van der Waals surface area contributed by atoms with Crippen molar-refractivity contribution < 1.29 is 19.1 Å². The van der Waals surface area contributed by atoms with Crippen molar-refractivity contribution in [3.8, 4) is 11.5 Å². The van der Waals surface area contributed by atoms with Gasteiger partial charge in [0, 0.05) is 31.6 Å². The molecular formula is C18H29N3O4. The summed E-state index contributed by atoms with van der Waals surface area (Å²) in [7, 11) is 6.55. The van der Waals surface area contributed by atoms with Crippen molar-refractivity contribution in [1.29, 1.82) is 0 Å². The van der Waals surface area contributed by atoms with Gasteiger partial charge in [-0.3, -0.25) is 9.59 Å². The van der Waals surface area contributed by atoms with Crippen LogP contribution in [0.2, 0.25) is 0 Å². The lowest BCUT2D eigenvalue weighted by Gasteiger charge is -2.23. The predicted molar refractivity (Wildman–Crippen MR) is 98.5 cm³/mol. The largest absolute Gasteiger partial charge is 0.493 e. The van der Waals surface area contributed by atoms with Crippen molar-refractivity contribution in [2.45, 2.75) is 20.8 Å². The molecule has 0 radical (unpaired) electrons. The van der Waals surface area contributed by atoms with Crippen molar-refractivity contribution in [1.82, 2.24) is 10.2 Å². The Balaban J connectivity index is 3.31. The molecule has 0 fully saturated rings. The number of nitrogens with one attached hydrogen (secondary N) is 2. The zero-order valence-corrected chi connectivity index (χ0v) is 16.1. The number of carbonyl (C=O) groups is 2. The average molecular weight is 351 g/mol. The fourth-order valence-corrected chi connectivity index (χ4v) is 2.06. The molecule has 1 rings (SSSR count). The number of carbonyl (C=O) groups excluding carboxylic acids is 2. The summed E-state index contributed by atoms with van der Waals surface area (Å²) < 4.78 is 10.6. The minimum absolute atomic E-state index is 0.188. The fourth-order valence-electron chi connectivity index (χ4n) is 2.06. The van der Waals surface area contributed by atoms with Gasteiger partial charge in [-0.15, -0.1) is 0 Å². The van der Waals surface area contributed by atoms with Crippen molar-refractivity contribution in [2.24, 2.45) is 5.41 Å². The van der Waals surface area contributed by atoms with E-state index in [-0.39, 0.29) is 11.8 Å². The highest BCUT2D eigenvalue weighted by Crippen LogP contribution is 2.34. The number of amides is 2. The molecule has 0 aliphatic rings. The van der Waals surface area contributed by atoms with Gasteiger partial charge in [0.25, 0.3) is 5.91 Å². The van der Waals surface area contributed by atoms with Gasteiger partial charge in [0.1, 0.15) is 0 Å². The predicted octanol–water partition coefficient (Wildman–Crippen LogP) is 1.98. The first-order valence-electron chi connectivity index (χ1n) is 8.13. The van der Waals surface area contributed by atoms with Crippen LogP contribution in [0.25, 0.3) is 0 Å². The lowest BCUT2D eigenvalue weighted by Crippen LogP contribution is -2.34. The number of nitrogens with zero attached hydrogens (tertiary/aromatic N) is 1. The summed E-state index contributed by atoms with van der Waals surface area (Å²) in [6.45, 7) is 6.63. The molecular weight excluding hydrogens is 322 g/mol. The number of anilines is 1. The first kappa shape index (κ1) is 20.8. The third-order valence-corrected chi connectivity index (χ3v) is 3.73. The first-order valence-corrected chi connectivity index (χ1v) is 8.13. The van der Waals surface area contributed by atoms with E-state index < -0.39 is 5.41 Å². The number of benzene rings is 1. The molecule has 25 heavy (non-hydrogen) atoms. The van der Waals surface area contributed by atoms with Gasteiger partial charge in [0.2, 0.25) is 5.91 Å². The molecule has 0 saturated carbocycles. The smallest absolute Gasteiger partial charge is 0.255 e. The maximum atomic E-state index is 12.8. The van der Waals surface area contributed by atoms with Gasteiger partial charge in [-0.25, -0.2) is 0 Å². The quantitative estimate of drug-likeness (QED) is 0.785. The highest BCUT2D eigenvalue weighted by Gasteiger charge is 2.25. The van der Waals surface area contributed by atoms with Crippen LogP contribution in [0.1, 0.15) is 31.1 Å². The third kappa shape index (κ3) is 5.35. The molecule has 1 aromatic carbocycles. The maximum absolute atomic E-state index is 12.8. The van der Waals surface area contributed by atoms with Crippen LogP contribution in [-0.2, 0) is 4.79 Å². The zero-order chi connectivity index (χ0) is 19.2. The normalized spacial score (nSPS) is 11.0. The summed E-state index contributed by atoms with van der Waals surface area (Å²) >= 11 is 0. The van der Waals surface area contributed by atoms with E-state index in [1.165, 1.54) is 14.2 Å². The number of hydrogen-bond acceptors (Lipinski definition) is 5. The molecule has 0 heterocycles. The Labute approximate surface area is 149 Å². The van der Waals surface area contributed by atoms with E-state index in [1.54, 1.807) is 24.1 Å². The van der Waals surface area contributed by atoms with E-state index in [9.17, 15) is 9.59 Å². The topological polar surface area (TPSA) is 79.9 Å². The molecule has 0 aliphatic heterocycles. The van der Waals surface area contributed by atoms with Gasteiger partial charge in [0.05, 0.1) is 25.5 Å². The Morgan fingerprint density at radius 2 is 1.68 bits per heavy atom. The molecule has 2 amide bonds. The summed E-state index contributed by atoms with van der Waals surface area (Å²) in [6, 6.07) is 3.21. The summed E-state index contributed by atoms with van der Waals surface area (Å²) in [4.78, 5) is 26.8. The Morgan fingerprint density at radius 1 is 1.12 bits per heavy atom. The molecule has 0 aliphatic carbocycles. The van der Waals surface area contributed by atoms with Gasteiger partial charge in [-0.05, 0) is 13.1 Å². The summed E-state index contributed by atoms with van der Waals surface area (Å²) in [5.41, 5.74) is 0.165. The molecule has 7 heteroatoms.